The Hall–Kier alpha value is -1.33. The fourth-order valence-electron chi connectivity index (χ4n) is 2.09. The van der Waals surface area contributed by atoms with Crippen LogP contribution in [0.1, 0.15) is 13.3 Å². The van der Waals surface area contributed by atoms with Gasteiger partial charge in [-0.2, -0.15) is 0 Å². The summed E-state index contributed by atoms with van der Waals surface area (Å²) in [4.78, 5) is 10.5. The van der Waals surface area contributed by atoms with Crippen molar-refractivity contribution in [2.45, 2.75) is 19.4 Å². The first-order valence-corrected chi connectivity index (χ1v) is 6.24. The van der Waals surface area contributed by atoms with Crippen LogP contribution in [0.15, 0.2) is 18.2 Å². The first-order valence-electron chi connectivity index (χ1n) is 5.86. The third-order valence-corrected chi connectivity index (χ3v) is 3.45. The van der Waals surface area contributed by atoms with Crippen molar-refractivity contribution in [3.8, 4) is 0 Å². The number of ether oxygens (including phenoxy) is 1. The molecule has 1 N–H and O–H groups in total. The van der Waals surface area contributed by atoms with E-state index in [0.29, 0.717) is 23.2 Å². The number of rotatable bonds is 4. The highest BCUT2D eigenvalue weighted by Gasteiger charge is 2.24. The lowest BCUT2D eigenvalue weighted by atomic mass is 10.0. The summed E-state index contributed by atoms with van der Waals surface area (Å²) in [6.07, 6.45) is 0.982. The number of nitro groups is 1. The molecule has 2 rings (SSSR count). The monoisotopic (exact) mass is 270 g/mol. The molecule has 0 aromatic heterocycles. The van der Waals surface area contributed by atoms with Gasteiger partial charge >= 0.3 is 0 Å². The van der Waals surface area contributed by atoms with Crippen LogP contribution in [-0.4, -0.2) is 24.2 Å². The zero-order valence-corrected chi connectivity index (χ0v) is 10.8. The van der Waals surface area contributed by atoms with Crippen molar-refractivity contribution in [2.24, 2.45) is 5.92 Å². The molecule has 98 valence electrons. The topological polar surface area (TPSA) is 64.4 Å². The van der Waals surface area contributed by atoms with Gasteiger partial charge in [-0.3, -0.25) is 10.1 Å². The van der Waals surface area contributed by atoms with E-state index in [0.717, 1.165) is 13.0 Å². The molecule has 18 heavy (non-hydrogen) atoms. The van der Waals surface area contributed by atoms with E-state index in [1.54, 1.807) is 12.1 Å². The number of hydrogen-bond donors (Lipinski definition) is 1. The second kappa shape index (κ2) is 5.54. The fraction of sp³-hybridized carbons (Fsp3) is 0.500. The Balaban J connectivity index is 2.15. The molecule has 2 unspecified atom stereocenters. The fourth-order valence-corrected chi connectivity index (χ4v) is 2.25. The number of nitrogens with one attached hydrogen (secondary N) is 1. The van der Waals surface area contributed by atoms with Gasteiger partial charge in [-0.1, -0.05) is 11.6 Å². The summed E-state index contributed by atoms with van der Waals surface area (Å²) in [6.45, 7) is 3.48. The van der Waals surface area contributed by atoms with Crippen LogP contribution in [0, 0.1) is 16.0 Å². The predicted octanol–water partition coefficient (Wildman–Crippen LogP) is 3.09. The van der Waals surface area contributed by atoms with Gasteiger partial charge in [0.05, 0.1) is 11.5 Å². The molecule has 0 amide bonds. The quantitative estimate of drug-likeness (QED) is 0.674. The number of benzene rings is 1. The summed E-state index contributed by atoms with van der Waals surface area (Å²) in [5.74, 6) is 0.389. The number of nitro benzene ring substituents is 1. The van der Waals surface area contributed by atoms with Crippen LogP contribution in [0.2, 0.25) is 5.02 Å². The van der Waals surface area contributed by atoms with E-state index in [1.165, 1.54) is 6.07 Å². The molecule has 0 radical (unpaired) electrons. The molecule has 1 aromatic rings. The van der Waals surface area contributed by atoms with Gasteiger partial charge in [0.25, 0.3) is 5.69 Å². The first kappa shape index (κ1) is 13.1. The molecule has 1 saturated heterocycles. The number of halogens is 1. The van der Waals surface area contributed by atoms with Gasteiger partial charge < -0.3 is 10.1 Å². The SMILES string of the molecule is CC(Nc1ccc(Cl)cc1[N+](=O)[O-])C1CCOC1. The molecular formula is C12H15ClN2O3. The summed E-state index contributed by atoms with van der Waals surface area (Å²) in [5, 5.41) is 14.5. The van der Waals surface area contributed by atoms with Crippen molar-refractivity contribution in [1.82, 2.24) is 0 Å². The molecule has 2 atom stereocenters. The van der Waals surface area contributed by atoms with Gasteiger partial charge in [0, 0.05) is 29.7 Å². The lowest BCUT2D eigenvalue weighted by Crippen LogP contribution is -2.26. The van der Waals surface area contributed by atoms with Crippen LogP contribution >= 0.6 is 11.6 Å². The molecule has 5 nitrogen and oxygen atoms in total. The van der Waals surface area contributed by atoms with Gasteiger partial charge in [-0.15, -0.1) is 0 Å². The minimum atomic E-state index is -0.425. The van der Waals surface area contributed by atoms with E-state index in [4.69, 9.17) is 16.3 Å². The van der Waals surface area contributed by atoms with Crippen LogP contribution in [-0.2, 0) is 4.74 Å². The minimum absolute atomic E-state index is 0.00765. The first-order chi connectivity index (χ1) is 8.58. The number of nitrogens with zero attached hydrogens (tertiary/aromatic N) is 1. The van der Waals surface area contributed by atoms with Crippen molar-refractivity contribution < 1.29 is 9.66 Å². The zero-order chi connectivity index (χ0) is 13.1. The second-order valence-corrected chi connectivity index (χ2v) is 4.91. The predicted molar refractivity (Wildman–Crippen MR) is 70.1 cm³/mol. The van der Waals surface area contributed by atoms with Crippen LogP contribution in [0.25, 0.3) is 0 Å². The average Bonchev–Trinajstić information content (AvgIpc) is 2.84. The third-order valence-electron chi connectivity index (χ3n) is 3.21. The zero-order valence-electron chi connectivity index (χ0n) is 10.1. The Bertz CT molecular complexity index is 447. The molecule has 1 heterocycles. The summed E-state index contributed by atoms with van der Waals surface area (Å²) < 4.78 is 5.32. The maximum Gasteiger partial charge on any atom is 0.293 e. The maximum atomic E-state index is 11.0. The Morgan fingerprint density at radius 1 is 1.61 bits per heavy atom. The molecule has 0 bridgehead atoms. The molecule has 1 aliphatic rings. The third kappa shape index (κ3) is 2.91. The molecule has 1 aromatic carbocycles. The van der Waals surface area contributed by atoms with Crippen molar-refractivity contribution in [3.63, 3.8) is 0 Å². The standard InChI is InChI=1S/C12H15ClN2O3/c1-8(9-4-5-18-7-9)14-11-3-2-10(13)6-12(11)15(16)17/h2-3,6,8-9,14H,4-5,7H2,1H3. The second-order valence-electron chi connectivity index (χ2n) is 4.48. The molecule has 1 fully saturated rings. The van der Waals surface area contributed by atoms with Crippen molar-refractivity contribution in [1.29, 1.82) is 0 Å². The van der Waals surface area contributed by atoms with Gasteiger partial charge in [-0.25, -0.2) is 0 Å². The summed E-state index contributed by atoms with van der Waals surface area (Å²) >= 11 is 5.77. The highest BCUT2D eigenvalue weighted by molar-refractivity contribution is 6.30. The highest BCUT2D eigenvalue weighted by atomic mass is 35.5. The highest BCUT2D eigenvalue weighted by Crippen LogP contribution is 2.30. The Morgan fingerprint density at radius 2 is 2.39 bits per heavy atom. The number of hydrogen-bond acceptors (Lipinski definition) is 4. The van der Waals surface area contributed by atoms with Crippen LogP contribution < -0.4 is 5.32 Å². The van der Waals surface area contributed by atoms with E-state index in [-0.39, 0.29) is 11.7 Å². The van der Waals surface area contributed by atoms with Crippen molar-refractivity contribution >= 4 is 23.0 Å². The van der Waals surface area contributed by atoms with E-state index < -0.39 is 4.92 Å². The lowest BCUT2D eigenvalue weighted by molar-refractivity contribution is -0.384. The van der Waals surface area contributed by atoms with Gasteiger partial charge in [0.15, 0.2) is 0 Å². The average molecular weight is 271 g/mol. The van der Waals surface area contributed by atoms with E-state index in [2.05, 4.69) is 5.32 Å². The van der Waals surface area contributed by atoms with Crippen LogP contribution in [0.5, 0.6) is 0 Å². The molecule has 0 saturated carbocycles. The van der Waals surface area contributed by atoms with E-state index in [1.807, 2.05) is 6.92 Å². The van der Waals surface area contributed by atoms with Gasteiger partial charge in [0.1, 0.15) is 5.69 Å². The van der Waals surface area contributed by atoms with Crippen molar-refractivity contribution in [3.05, 3.63) is 33.3 Å². The Labute approximate surface area is 110 Å². The molecule has 6 heteroatoms. The lowest BCUT2D eigenvalue weighted by Gasteiger charge is -2.20. The molecule has 1 aliphatic heterocycles. The van der Waals surface area contributed by atoms with Crippen LogP contribution in [0.4, 0.5) is 11.4 Å². The maximum absolute atomic E-state index is 11.0. The molecular weight excluding hydrogens is 256 g/mol. The normalized spacial score (nSPS) is 20.7. The summed E-state index contributed by atoms with van der Waals surface area (Å²) in [7, 11) is 0. The minimum Gasteiger partial charge on any atom is -0.381 e. The van der Waals surface area contributed by atoms with E-state index >= 15 is 0 Å². The van der Waals surface area contributed by atoms with Crippen LogP contribution in [0.3, 0.4) is 0 Å². The largest absolute Gasteiger partial charge is 0.381 e. The summed E-state index contributed by atoms with van der Waals surface area (Å²) in [6, 6.07) is 4.79. The molecule has 0 aliphatic carbocycles. The Kier molecular flexibility index (Phi) is 4.04. The van der Waals surface area contributed by atoms with Crippen molar-refractivity contribution in [2.75, 3.05) is 18.5 Å². The number of anilines is 1. The Morgan fingerprint density at radius 3 is 3.00 bits per heavy atom. The van der Waals surface area contributed by atoms with Gasteiger partial charge in [0.2, 0.25) is 0 Å². The molecule has 0 spiro atoms. The van der Waals surface area contributed by atoms with Gasteiger partial charge in [-0.05, 0) is 25.5 Å². The summed E-state index contributed by atoms with van der Waals surface area (Å²) in [5.41, 5.74) is 0.511. The van der Waals surface area contributed by atoms with E-state index in [9.17, 15) is 10.1 Å². The smallest absolute Gasteiger partial charge is 0.293 e.